The largest absolute Gasteiger partial charge is 0.348 e. The zero-order valence-corrected chi connectivity index (χ0v) is 16.2. The summed E-state index contributed by atoms with van der Waals surface area (Å²) in [4.78, 5) is 17.7. The number of aromatic nitrogens is 3. The highest BCUT2D eigenvalue weighted by atomic mass is 16.1. The number of aryl methyl sites for hydroxylation is 1. The molecule has 26 heavy (non-hydrogen) atoms. The first-order valence-electron chi connectivity index (χ1n) is 9.91. The van der Waals surface area contributed by atoms with Crippen molar-refractivity contribution in [2.45, 2.75) is 71.4 Å². The number of amides is 1. The molecule has 3 N–H and O–H groups in total. The van der Waals surface area contributed by atoms with Crippen LogP contribution in [-0.4, -0.2) is 33.3 Å². The first-order valence-corrected chi connectivity index (χ1v) is 9.91. The number of rotatable bonds is 6. The SMILES string of the molecule is CCC(C)n1ncc2c(C(=O)NC(CN)C3CCCCC3)cc(C)nc21. The quantitative estimate of drug-likeness (QED) is 0.830. The predicted octanol–water partition coefficient (Wildman–Crippen LogP) is 3.35. The van der Waals surface area contributed by atoms with Crippen molar-refractivity contribution in [3.05, 3.63) is 23.5 Å². The normalized spacial score (nSPS) is 18.0. The summed E-state index contributed by atoms with van der Waals surface area (Å²) in [7, 11) is 0. The Morgan fingerprint density at radius 3 is 2.77 bits per heavy atom. The summed E-state index contributed by atoms with van der Waals surface area (Å²) < 4.78 is 1.92. The van der Waals surface area contributed by atoms with E-state index in [9.17, 15) is 4.79 Å². The third-order valence-corrected chi connectivity index (χ3v) is 5.74. The molecule has 1 aliphatic carbocycles. The fraction of sp³-hybridized carbons (Fsp3) is 0.650. The van der Waals surface area contributed by atoms with Crippen LogP contribution in [0.2, 0.25) is 0 Å². The van der Waals surface area contributed by atoms with Gasteiger partial charge in [0.05, 0.1) is 23.2 Å². The molecule has 0 radical (unpaired) electrons. The van der Waals surface area contributed by atoms with Crippen molar-refractivity contribution in [1.29, 1.82) is 0 Å². The molecule has 6 heteroatoms. The Morgan fingerprint density at radius 1 is 1.38 bits per heavy atom. The molecule has 2 aromatic heterocycles. The Morgan fingerprint density at radius 2 is 2.12 bits per heavy atom. The number of pyridine rings is 1. The maximum atomic E-state index is 13.0. The van der Waals surface area contributed by atoms with E-state index in [2.05, 4.69) is 29.2 Å². The monoisotopic (exact) mass is 357 g/mol. The molecule has 2 heterocycles. The average Bonchev–Trinajstić information content (AvgIpc) is 3.08. The minimum atomic E-state index is -0.0646. The molecular formula is C20H31N5O. The van der Waals surface area contributed by atoms with Crippen molar-refractivity contribution in [1.82, 2.24) is 20.1 Å². The molecule has 0 saturated heterocycles. The number of fused-ring (bicyclic) bond motifs is 1. The minimum Gasteiger partial charge on any atom is -0.348 e. The van der Waals surface area contributed by atoms with Crippen molar-refractivity contribution in [3.8, 4) is 0 Å². The van der Waals surface area contributed by atoms with Gasteiger partial charge in [0.1, 0.15) is 0 Å². The van der Waals surface area contributed by atoms with Gasteiger partial charge in [-0.05, 0) is 45.1 Å². The molecule has 3 rings (SSSR count). The molecule has 2 unspecified atom stereocenters. The fourth-order valence-corrected chi connectivity index (χ4v) is 3.98. The van der Waals surface area contributed by atoms with Gasteiger partial charge in [-0.3, -0.25) is 4.79 Å². The summed E-state index contributed by atoms with van der Waals surface area (Å²) in [5.41, 5.74) is 8.25. The second-order valence-electron chi connectivity index (χ2n) is 7.61. The van der Waals surface area contributed by atoms with Crippen LogP contribution in [0.15, 0.2) is 12.3 Å². The molecule has 1 fully saturated rings. The second kappa shape index (κ2) is 8.16. The Bertz CT molecular complexity index is 763. The minimum absolute atomic E-state index is 0.0379. The number of hydrogen-bond acceptors (Lipinski definition) is 4. The van der Waals surface area contributed by atoms with Gasteiger partial charge in [-0.25, -0.2) is 9.67 Å². The van der Waals surface area contributed by atoms with Crippen LogP contribution in [0.25, 0.3) is 11.0 Å². The zero-order valence-electron chi connectivity index (χ0n) is 16.2. The first kappa shape index (κ1) is 18.8. The number of nitrogens with one attached hydrogen (secondary N) is 1. The number of nitrogens with two attached hydrogens (primary N) is 1. The molecule has 2 aromatic rings. The second-order valence-corrected chi connectivity index (χ2v) is 7.61. The Labute approximate surface area is 155 Å². The van der Waals surface area contributed by atoms with Gasteiger partial charge in [0.15, 0.2) is 5.65 Å². The van der Waals surface area contributed by atoms with E-state index in [1.165, 1.54) is 19.3 Å². The van der Waals surface area contributed by atoms with Crippen molar-refractivity contribution in [3.63, 3.8) is 0 Å². The number of carbonyl (C=O) groups is 1. The molecule has 6 nitrogen and oxygen atoms in total. The summed E-state index contributed by atoms with van der Waals surface area (Å²) in [6.07, 6.45) is 8.79. The predicted molar refractivity (Wildman–Crippen MR) is 104 cm³/mol. The summed E-state index contributed by atoms with van der Waals surface area (Å²) in [6, 6.07) is 2.14. The van der Waals surface area contributed by atoms with Crippen LogP contribution in [0.4, 0.5) is 0 Å². The van der Waals surface area contributed by atoms with E-state index >= 15 is 0 Å². The highest BCUT2D eigenvalue weighted by Gasteiger charge is 2.26. The van der Waals surface area contributed by atoms with Gasteiger partial charge in [0, 0.05) is 18.3 Å². The lowest BCUT2D eigenvalue weighted by Gasteiger charge is -2.30. The topological polar surface area (TPSA) is 85.8 Å². The van der Waals surface area contributed by atoms with E-state index in [0.29, 0.717) is 18.0 Å². The molecule has 0 spiro atoms. The van der Waals surface area contributed by atoms with Gasteiger partial charge < -0.3 is 11.1 Å². The molecule has 0 bridgehead atoms. The van der Waals surface area contributed by atoms with Crippen LogP contribution in [-0.2, 0) is 0 Å². The van der Waals surface area contributed by atoms with Crippen molar-refractivity contribution in [2.24, 2.45) is 11.7 Å². The molecule has 1 aliphatic rings. The van der Waals surface area contributed by atoms with Crippen molar-refractivity contribution in [2.75, 3.05) is 6.54 Å². The highest BCUT2D eigenvalue weighted by molar-refractivity contribution is 6.05. The van der Waals surface area contributed by atoms with Crippen LogP contribution < -0.4 is 11.1 Å². The van der Waals surface area contributed by atoms with Crippen molar-refractivity contribution < 1.29 is 4.79 Å². The standard InChI is InChI=1S/C20H31N5O/c1-4-14(3)25-19-17(12-22-25)16(10-13(2)23-19)20(26)24-18(11-21)15-8-6-5-7-9-15/h10,12,14-15,18H,4-9,11,21H2,1-3H3,(H,24,26). The maximum Gasteiger partial charge on any atom is 0.252 e. The molecule has 0 aromatic carbocycles. The van der Waals surface area contributed by atoms with Gasteiger partial charge in [0.2, 0.25) is 0 Å². The van der Waals surface area contributed by atoms with Crippen LogP contribution in [0.1, 0.15) is 74.5 Å². The van der Waals surface area contributed by atoms with Gasteiger partial charge in [-0.15, -0.1) is 0 Å². The number of carbonyl (C=O) groups excluding carboxylic acids is 1. The molecule has 1 saturated carbocycles. The van der Waals surface area contributed by atoms with Gasteiger partial charge in [-0.2, -0.15) is 5.10 Å². The summed E-state index contributed by atoms with van der Waals surface area (Å²) in [6.45, 7) is 6.64. The lowest BCUT2D eigenvalue weighted by molar-refractivity contribution is 0.0917. The third kappa shape index (κ3) is 3.75. The van der Waals surface area contributed by atoms with E-state index in [1.54, 1.807) is 6.20 Å². The third-order valence-electron chi connectivity index (χ3n) is 5.74. The van der Waals surface area contributed by atoms with E-state index < -0.39 is 0 Å². The van der Waals surface area contributed by atoms with E-state index in [-0.39, 0.29) is 18.0 Å². The fourth-order valence-electron chi connectivity index (χ4n) is 3.98. The average molecular weight is 358 g/mol. The molecular weight excluding hydrogens is 326 g/mol. The molecule has 2 atom stereocenters. The molecule has 1 amide bonds. The van der Waals surface area contributed by atoms with Crippen LogP contribution in [0.5, 0.6) is 0 Å². The number of hydrogen-bond donors (Lipinski definition) is 2. The summed E-state index contributed by atoms with van der Waals surface area (Å²) in [5, 5.41) is 8.50. The van der Waals surface area contributed by atoms with Crippen LogP contribution >= 0.6 is 0 Å². The van der Waals surface area contributed by atoms with E-state index in [4.69, 9.17) is 5.73 Å². The van der Waals surface area contributed by atoms with Gasteiger partial charge >= 0.3 is 0 Å². The zero-order chi connectivity index (χ0) is 18.7. The highest BCUT2D eigenvalue weighted by Crippen LogP contribution is 2.27. The van der Waals surface area contributed by atoms with Crippen LogP contribution in [0, 0.1) is 12.8 Å². The Balaban J connectivity index is 1.88. The maximum absolute atomic E-state index is 13.0. The Hall–Kier alpha value is -1.95. The Kier molecular flexibility index (Phi) is 5.91. The molecule has 142 valence electrons. The first-order chi connectivity index (χ1) is 12.5. The van der Waals surface area contributed by atoms with E-state index in [0.717, 1.165) is 36.0 Å². The summed E-state index contributed by atoms with van der Waals surface area (Å²) in [5.74, 6) is 0.421. The lowest BCUT2D eigenvalue weighted by Crippen LogP contribution is -2.46. The van der Waals surface area contributed by atoms with Crippen LogP contribution in [0.3, 0.4) is 0 Å². The number of nitrogens with zero attached hydrogens (tertiary/aromatic N) is 3. The van der Waals surface area contributed by atoms with Crippen molar-refractivity contribution >= 4 is 16.9 Å². The summed E-state index contributed by atoms with van der Waals surface area (Å²) >= 11 is 0. The smallest absolute Gasteiger partial charge is 0.252 e. The van der Waals surface area contributed by atoms with E-state index in [1.807, 2.05) is 17.7 Å². The molecule has 0 aliphatic heterocycles. The van der Waals surface area contributed by atoms with Gasteiger partial charge in [0.25, 0.3) is 5.91 Å². The lowest BCUT2D eigenvalue weighted by atomic mass is 9.84. The van der Waals surface area contributed by atoms with Gasteiger partial charge in [-0.1, -0.05) is 26.2 Å².